The smallest absolute Gasteiger partial charge is 0.229 e. The highest BCUT2D eigenvalue weighted by Crippen LogP contribution is 2.14. The summed E-state index contributed by atoms with van der Waals surface area (Å²) in [5.74, 6) is 0.831. The minimum absolute atomic E-state index is 0.176. The molecule has 1 aromatic carbocycles. The largest absolute Gasteiger partial charge is 0.494 e. The second kappa shape index (κ2) is 5.25. The summed E-state index contributed by atoms with van der Waals surface area (Å²) in [4.78, 5) is 15.7. The summed E-state index contributed by atoms with van der Waals surface area (Å²) in [5.41, 5.74) is 0.561. The van der Waals surface area contributed by atoms with Crippen molar-refractivity contribution in [3.05, 3.63) is 42.0 Å². The Kier molecular flexibility index (Phi) is 3.49. The number of carbonyl (C=O) groups excluding carboxylic acids is 1. The molecule has 0 atom stereocenters. The van der Waals surface area contributed by atoms with Crippen molar-refractivity contribution in [2.45, 2.75) is 13.3 Å². The second-order valence-corrected chi connectivity index (χ2v) is 3.54. The first-order chi connectivity index (χ1) is 8.31. The van der Waals surface area contributed by atoms with Gasteiger partial charge >= 0.3 is 0 Å². The zero-order valence-corrected chi connectivity index (χ0v) is 9.51. The topological polar surface area (TPSA) is 67.9 Å². The number of hydrogen-bond donors (Lipinski definition) is 1. The number of nitrogens with zero attached hydrogens (tertiary/aromatic N) is 2. The van der Waals surface area contributed by atoms with Crippen LogP contribution in [0.5, 0.6) is 5.75 Å². The lowest BCUT2D eigenvalue weighted by molar-refractivity contribution is 0.103. The normalized spacial score (nSPS) is 10.2. The molecule has 0 unspecified atom stereocenters. The molecule has 0 bridgehead atoms. The SMILES string of the molecule is CCCOc1ccc(C(=O)c2ncn[nH]2)cc1. The Morgan fingerprint density at radius 3 is 2.71 bits per heavy atom. The van der Waals surface area contributed by atoms with E-state index in [2.05, 4.69) is 15.2 Å². The summed E-state index contributed by atoms with van der Waals surface area (Å²) in [6.45, 7) is 2.72. The Balaban J connectivity index is 2.10. The fourth-order valence-electron chi connectivity index (χ4n) is 1.37. The minimum atomic E-state index is -0.176. The minimum Gasteiger partial charge on any atom is -0.494 e. The first kappa shape index (κ1) is 11.3. The van der Waals surface area contributed by atoms with Crippen LogP contribution < -0.4 is 4.74 Å². The molecule has 2 aromatic rings. The van der Waals surface area contributed by atoms with Crippen molar-refractivity contribution in [1.82, 2.24) is 15.2 Å². The van der Waals surface area contributed by atoms with E-state index in [0.717, 1.165) is 12.2 Å². The Morgan fingerprint density at radius 2 is 2.12 bits per heavy atom. The second-order valence-electron chi connectivity index (χ2n) is 3.54. The van der Waals surface area contributed by atoms with E-state index >= 15 is 0 Å². The fraction of sp³-hybridized carbons (Fsp3) is 0.250. The van der Waals surface area contributed by atoms with Crippen LogP contribution in [0.1, 0.15) is 29.5 Å². The van der Waals surface area contributed by atoms with Gasteiger partial charge < -0.3 is 4.74 Å². The van der Waals surface area contributed by atoms with Gasteiger partial charge in [-0.3, -0.25) is 9.89 Å². The average Bonchev–Trinajstić information content (AvgIpc) is 2.90. The maximum atomic E-state index is 11.9. The van der Waals surface area contributed by atoms with E-state index in [1.807, 2.05) is 6.92 Å². The van der Waals surface area contributed by atoms with Gasteiger partial charge in [0.25, 0.3) is 0 Å². The molecular formula is C12H13N3O2. The highest BCUT2D eigenvalue weighted by atomic mass is 16.5. The Labute approximate surface area is 98.8 Å². The molecule has 0 saturated heterocycles. The fourth-order valence-corrected chi connectivity index (χ4v) is 1.37. The van der Waals surface area contributed by atoms with Crippen LogP contribution in [-0.4, -0.2) is 27.6 Å². The van der Waals surface area contributed by atoms with Crippen molar-refractivity contribution in [3.8, 4) is 5.75 Å². The van der Waals surface area contributed by atoms with Gasteiger partial charge in [0.1, 0.15) is 12.1 Å². The zero-order chi connectivity index (χ0) is 12.1. The summed E-state index contributed by atoms with van der Waals surface area (Å²) >= 11 is 0. The van der Waals surface area contributed by atoms with Crippen LogP contribution in [0, 0.1) is 0 Å². The Hall–Kier alpha value is -2.17. The van der Waals surface area contributed by atoms with Crippen LogP contribution in [0.2, 0.25) is 0 Å². The molecule has 0 amide bonds. The van der Waals surface area contributed by atoms with E-state index in [1.54, 1.807) is 24.3 Å². The molecule has 2 rings (SSSR count). The van der Waals surface area contributed by atoms with Gasteiger partial charge in [0.15, 0.2) is 5.82 Å². The summed E-state index contributed by atoms with van der Waals surface area (Å²) in [6.07, 6.45) is 2.27. The third-order valence-electron chi connectivity index (χ3n) is 2.22. The van der Waals surface area contributed by atoms with E-state index < -0.39 is 0 Å². The molecule has 17 heavy (non-hydrogen) atoms. The number of ether oxygens (including phenoxy) is 1. The summed E-state index contributed by atoms with van der Waals surface area (Å²) < 4.78 is 5.43. The van der Waals surface area contributed by atoms with Crippen LogP contribution in [0.4, 0.5) is 0 Å². The van der Waals surface area contributed by atoms with Crippen molar-refractivity contribution in [3.63, 3.8) is 0 Å². The molecule has 0 aliphatic rings. The third-order valence-corrected chi connectivity index (χ3v) is 2.22. The van der Waals surface area contributed by atoms with Gasteiger partial charge in [0.2, 0.25) is 5.78 Å². The van der Waals surface area contributed by atoms with Gasteiger partial charge in [-0.25, -0.2) is 4.98 Å². The van der Waals surface area contributed by atoms with Crippen molar-refractivity contribution >= 4 is 5.78 Å². The molecule has 0 radical (unpaired) electrons. The summed E-state index contributed by atoms with van der Waals surface area (Å²) in [7, 11) is 0. The molecule has 1 aromatic heterocycles. The van der Waals surface area contributed by atoms with E-state index in [1.165, 1.54) is 6.33 Å². The predicted molar refractivity (Wildman–Crippen MR) is 62.0 cm³/mol. The van der Waals surface area contributed by atoms with Crippen molar-refractivity contribution in [2.75, 3.05) is 6.61 Å². The van der Waals surface area contributed by atoms with Crippen LogP contribution in [-0.2, 0) is 0 Å². The monoisotopic (exact) mass is 231 g/mol. The molecule has 1 heterocycles. The molecule has 5 nitrogen and oxygen atoms in total. The lowest BCUT2D eigenvalue weighted by atomic mass is 10.1. The van der Waals surface area contributed by atoms with Gasteiger partial charge in [-0.2, -0.15) is 5.10 Å². The molecule has 1 N–H and O–H groups in total. The van der Waals surface area contributed by atoms with E-state index in [4.69, 9.17) is 4.74 Å². The number of aromatic amines is 1. The quantitative estimate of drug-likeness (QED) is 0.797. The van der Waals surface area contributed by atoms with Crippen molar-refractivity contribution < 1.29 is 9.53 Å². The van der Waals surface area contributed by atoms with Crippen LogP contribution in [0.25, 0.3) is 0 Å². The van der Waals surface area contributed by atoms with Gasteiger partial charge in [0, 0.05) is 5.56 Å². The zero-order valence-electron chi connectivity index (χ0n) is 9.51. The van der Waals surface area contributed by atoms with Crippen molar-refractivity contribution in [2.24, 2.45) is 0 Å². The number of ketones is 1. The van der Waals surface area contributed by atoms with Gasteiger partial charge in [0.05, 0.1) is 6.61 Å². The number of aromatic nitrogens is 3. The molecule has 0 saturated carbocycles. The van der Waals surface area contributed by atoms with Gasteiger partial charge in [-0.15, -0.1) is 0 Å². The Bertz CT molecular complexity index is 477. The van der Waals surface area contributed by atoms with E-state index in [0.29, 0.717) is 12.2 Å². The number of carbonyl (C=O) groups is 1. The highest BCUT2D eigenvalue weighted by Gasteiger charge is 2.11. The molecule has 0 aliphatic heterocycles. The maximum Gasteiger partial charge on any atom is 0.229 e. The summed E-state index contributed by atoms with van der Waals surface area (Å²) in [6, 6.07) is 6.99. The predicted octanol–water partition coefficient (Wildman–Crippen LogP) is 1.82. The van der Waals surface area contributed by atoms with Crippen LogP contribution in [0.3, 0.4) is 0 Å². The molecule has 5 heteroatoms. The molecule has 0 aliphatic carbocycles. The number of benzene rings is 1. The number of H-pyrrole nitrogens is 1. The van der Waals surface area contributed by atoms with Crippen LogP contribution >= 0.6 is 0 Å². The number of nitrogens with one attached hydrogen (secondary N) is 1. The van der Waals surface area contributed by atoms with Gasteiger partial charge in [-0.1, -0.05) is 6.92 Å². The van der Waals surface area contributed by atoms with Crippen LogP contribution in [0.15, 0.2) is 30.6 Å². The summed E-state index contributed by atoms with van der Waals surface area (Å²) in [5, 5.41) is 6.19. The first-order valence-electron chi connectivity index (χ1n) is 5.44. The van der Waals surface area contributed by atoms with E-state index in [9.17, 15) is 4.79 Å². The lowest BCUT2D eigenvalue weighted by Gasteiger charge is -2.04. The first-order valence-corrected chi connectivity index (χ1v) is 5.44. The highest BCUT2D eigenvalue weighted by molar-refractivity contribution is 6.06. The maximum absolute atomic E-state index is 11.9. The average molecular weight is 231 g/mol. The Morgan fingerprint density at radius 1 is 1.35 bits per heavy atom. The molecule has 0 fully saturated rings. The molecule has 88 valence electrons. The molecular weight excluding hydrogens is 218 g/mol. The standard InChI is InChI=1S/C12H13N3O2/c1-2-7-17-10-5-3-9(4-6-10)11(16)12-13-8-14-15-12/h3-6,8H,2,7H2,1H3,(H,13,14,15). The van der Waals surface area contributed by atoms with E-state index in [-0.39, 0.29) is 11.6 Å². The van der Waals surface area contributed by atoms with Crippen molar-refractivity contribution in [1.29, 1.82) is 0 Å². The number of hydrogen-bond acceptors (Lipinski definition) is 4. The van der Waals surface area contributed by atoms with Gasteiger partial charge in [-0.05, 0) is 30.7 Å². The third kappa shape index (κ3) is 2.69. The molecule has 0 spiro atoms. The number of rotatable bonds is 5. The lowest BCUT2D eigenvalue weighted by Crippen LogP contribution is -2.04.